The molecule has 1 aromatic heterocycles. The quantitative estimate of drug-likeness (QED) is 0.913. The molecule has 0 bridgehead atoms. The average molecular weight is 286 g/mol. The lowest BCUT2D eigenvalue weighted by molar-refractivity contribution is 0.0734. The molecule has 0 fully saturated rings. The van der Waals surface area contributed by atoms with Gasteiger partial charge in [0.1, 0.15) is 0 Å². The molecule has 0 aliphatic rings. The van der Waals surface area contributed by atoms with Crippen LogP contribution in [0.15, 0.2) is 42.6 Å². The summed E-state index contributed by atoms with van der Waals surface area (Å²) in [5.41, 5.74) is 6.98. The minimum absolute atomic E-state index is 0.0915. The normalized spacial score (nSPS) is 11.4. The third-order valence-electron chi connectivity index (χ3n) is 3.39. The molecule has 112 valence electrons. The predicted molar refractivity (Wildman–Crippen MR) is 83.4 cm³/mol. The van der Waals surface area contributed by atoms with E-state index in [1.165, 1.54) is 0 Å². The van der Waals surface area contributed by atoms with Crippen LogP contribution in [0.3, 0.4) is 0 Å². The summed E-state index contributed by atoms with van der Waals surface area (Å²) >= 11 is 0. The van der Waals surface area contributed by atoms with E-state index in [4.69, 9.17) is 5.73 Å². The molecule has 0 saturated heterocycles. The number of hydrogen-bond acceptors (Lipinski definition) is 3. The van der Waals surface area contributed by atoms with Crippen molar-refractivity contribution >= 4 is 5.91 Å². The second kappa shape index (κ2) is 6.10. The van der Waals surface area contributed by atoms with Crippen molar-refractivity contribution in [1.29, 1.82) is 0 Å². The number of nitrogens with two attached hydrogens (primary N) is 1. The van der Waals surface area contributed by atoms with E-state index in [2.05, 4.69) is 5.10 Å². The number of carbonyl (C=O) groups is 1. The van der Waals surface area contributed by atoms with Crippen LogP contribution in [0.2, 0.25) is 0 Å². The van der Waals surface area contributed by atoms with E-state index in [1.54, 1.807) is 28.9 Å². The van der Waals surface area contributed by atoms with Gasteiger partial charge in [0, 0.05) is 19.8 Å². The molecule has 0 unspecified atom stereocenters. The van der Waals surface area contributed by atoms with Crippen LogP contribution in [0, 0.1) is 5.41 Å². The summed E-state index contributed by atoms with van der Waals surface area (Å²) < 4.78 is 1.70. The molecule has 1 amide bonds. The van der Waals surface area contributed by atoms with Crippen LogP contribution in [0.4, 0.5) is 0 Å². The van der Waals surface area contributed by atoms with Crippen LogP contribution < -0.4 is 5.73 Å². The third kappa shape index (κ3) is 3.70. The maximum atomic E-state index is 12.4. The SMILES string of the molecule is CN(CC(C)(C)CN)C(=O)c1ccn(-c2ccccc2)n1. The molecule has 5 heteroatoms. The van der Waals surface area contributed by atoms with Crippen LogP contribution in [0.25, 0.3) is 5.69 Å². The van der Waals surface area contributed by atoms with Gasteiger partial charge < -0.3 is 10.6 Å². The highest BCUT2D eigenvalue weighted by Crippen LogP contribution is 2.15. The Morgan fingerprint density at radius 1 is 1.29 bits per heavy atom. The van der Waals surface area contributed by atoms with Crippen LogP contribution in [0.5, 0.6) is 0 Å². The Bertz CT molecular complexity index is 604. The Morgan fingerprint density at radius 3 is 2.57 bits per heavy atom. The summed E-state index contributed by atoms with van der Waals surface area (Å²) in [5, 5.41) is 4.35. The number of nitrogens with zero attached hydrogens (tertiary/aromatic N) is 3. The molecule has 0 radical (unpaired) electrons. The number of carbonyl (C=O) groups excluding carboxylic acids is 1. The second-order valence-electron chi connectivity index (χ2n) is 6.01. The van der Waals surface area contributed by atoms with E-state index in [0.29, 0.717) is 18.8 Å². The summed E-state index contributed by atoms with van der Waals surface area (Å²) in [4.78, 5) is 14.1. The van der Waals surface area contributed by atoms with Gasteiger partial charge in [-0.15, -0.1) is 0 Å². The Balaban J connectivity index is 2.12. The first-order chi connectivity index (χ1) is 9.93. The lowest BCUT2D eigenvalue weighted by Crippen LogP contribution is -2.39. The van der Waals surface area contributed by atoms with Gasteiger partial charge in [0.05, 0.1) is 5.69 Å². The van der Waals surface area contributed by atoms with Crippen LogP contribution in [-0.4, -0.2) is 40.7 Å². The highest BCUT2D eigenvalue weighted by atomic mass is 16.2. The Hall–Kier alpha value is -2.14. The lowest BCUT2D eigenvalue weighted by atomic mass is 9.93. The van der Waals surface area contributed by atoms with E-state index in [0.717, 1.165) is 5.69 Å². The fraction of sp³-hybridized carbons (Fsp3) is 0.375. The Labute approximate surface area is 125 Å². The fourth-order valence-corrected chi connectivity index (χ4v) is 2.14. The van der Waals surface area contributed by atoms with Crippen molar-refractivity contribution in [3.05, 3.63) is 48.3 Å². The fourth-order valence-electron chi connectivity index (χ4n) is 2.14. The van der Waals surface area contributed by atoms with E-state index in [1.807, 2.05) is 44.2 Å². The standard InChI is InChI=1S/C16H22N4O/c1-16(2,11-17)12-19(3)15(21)14-9-10-20(18-14)13-7-5-4-6-8-13/h4-10H,11-12,17H2,1-3H3. The highest BCUT2D eigenvalue weighted by Gasteiger charge is 2.23. The van der Waals surface area contributed by atoms with E-state index < -0.39 is 0 Å². The molecule has 0 aliphatic heterocycles. The summed E-state index contributed by atoms with van der Waals surface area (Å²) in [6.07, 6.45) is 1.80. The second-order valence-corrected chi connectivity index (χ2v) is 6.01. The molecule has 2 N–H and O–H groups in total. The van der Waals surface area contributed by atoms with Gasteiger partial charge in [-0.05, 0) is 30.2 Å². The first kappa shape index (κ1) is 15.3. The number of para-hydroxylation sites is 1. The van der Waals surface area contributed by atoms with Crippen LogP contribution in [-0.2, 0) is 0 Å². The molecule has 0 saturated carbocycles. The summed E-state index contributed by atoms with van der Waals surface area (Å²) in [6.45, 7) is 5.21. The number of amides is 1. The van der Waals surface area contributed by atoms with Crippen LogP contribution in [0.1, 0.15) is 24.3 Å². The first-order valence-corrected chi connectivity index (χ1v) is 6.99. The van der Waals surface area contributed by atoms with Gasteiger partial charge in [0.15, 0.2) is 5.69 Å². The lowest BCUT2D eigenvalue weighted by Gasteiger charge is -2.28. The molecular formula is C16H22N4O. The molecule has 2 aromatic rings. The van der Waals surface area contributed by atoms with Gasteiger partial charge in [-0.2, -0.15) is 5.10 Å². The molecule has 2 rings (SSSR count). The summed E-state index contributed by atoms with van der Waals surface area (Å²) in [7, 11) is 1.78. The molecule has 1 aromatic carbocycles. The largest absolute Gasteiger partial charge is 0.340 e. The van der Waals surface area contributed by atoms with Gasteiger partial charge in [0.2, 0.25) is 0 Å². The molecule has 0 spiro atoms. The number of rotatable bonds is 5. The minimum Gasteiger partial charge on any atom is -0.340 e. The number of hydrogen-bond donors (Lipinski definition) is 1. The number of aromatic nitrogens is 2. The summed E-state index contributed by atoms with van der Waals surface area (Å²) in [6, 6.07) is 11.5. The van der Waals surface area contributed by atoms with Crippen molar-refractivity contribution in [3.8, 4) is 5.69 Å². The third-order valence-corrected chi connectivity index (χ3v) is 3.39. The van der Waals surface area contributed by atoms with Gasteiger partial charge in [-0.3, -0.25) is 4.79 Å². The maximum absolute atomic E-state index is 12.4. The zero-order valence-corrected chi connectivity index (χ0v) is 12.8. The maximum Gasteiger partial charge on any atom is 0.274 e. The molecule has 5 nitrogen and oxygen atoms in total. The predicted octanol–water partition coefficient (Wildman–Crippen LogP) is 1.93. The smallest absolute Gasteiger partial charge is 0.274 e. The number of benzene rings is 1. The van der Waals surface area contributed by atoms with Gasteiger partial charge >= 0.3 is 0 Å². The van der Waals surface area contributed by atoms with Crippen molar-refractivity contribution in [1.82, 2.24) is 14.7 Å². The summed E-state index contributed by atoms with van der Waals surface area (Å²) in [5.74, 6) is -0.0915. The zero-order valence-electron chi connectivity index (χ0n) is 12.8. The van der Waals surface area contributed by atoms with Gasteiger partial charge in [-0.1, -0.05) is 32.0 Å². The van der Waals surface area contributed by atoms with Gasteiger partial charge in [-0.25, -0.2) is 4.68 Å². The molecule has 21 heavy (non-hydrogen) atoms. The van der Waals surface area contributed by atoms with Crippen LogP contribution >= 0.6 is 0 Å². The molecular weight excluding hydrogens is 264 g/mol. The zero-order chi connectivity index (χ0) is 15.5. The van der Waals surface area contributed by atoms with Crippen molar-refractivity contribution in [2.24, 2.45) is 11.1 Å². The van der Waals surface area contributed by atoms with Crippen molar-refractivity contribution < 1.29 is 4.79 Å². The van der Waals surface area contributed by atoms with E-state index >= 15 is 0 Å². The van der Waals surface area contributed by atoms with Crippen molar-refractivity contribution in [2.45, 2.75) is 13.8 Å². The molecule has 0 atom stereocenters. The average Bonchev–Trinajstić information content (AvgIpc) is 2.96. The topological polar surface area (TPSA) is 64.2 Å². The van der Waals surface area contributed by atoms with Crippen molar-refractivity contribution in [2.75, 3.05) is 20.1 Å². The van der Waals surface area contributed by atoms with Crippen molar-refractivity contribution in [3.63, 3.8) is 0 Å². The van der Waals surface area contributed by atoms with E-state index in [-0.39, 0.29) is 11.3 Å². The van der Waals surface area contributed by atoms with E-state index in [9.17, 15) is 4.79 Å². The monoisotopic (exact) mass is 286 g/mol. The minimum atomic E-state index is -0.105. The Kier molecular flexibility index (Phi) is 4.43. The Morgan fingerprint density at radius 2 is 1.95 bits per heavy atom. The molecule has 1 heterocycles. The molecule has 0 aliphatic carbocycles. The first-order valence-electron chi connectivity index (χ1n) is 6.99. The highest BCUT2D eigenvalue weighted by molar-refractivity contribution is 5.92. The van der Waals surface area contributed by atoms with Gasteiger partial charge in [0.25, 0.3) is 5.91 Å².